The number of carbonyl (C=O) groups is 2. The van der Waals surface area contributed by atoms with Crippen molar-refractivity contribution in [2.45, 2.75) is 36.8 Å². The van der Waals surface area contributed by atoms with Gasteiger partial charge in [-0.25, -0.2) is 0 Å². The Morgan fingerprint density at radius 3 is 2.67 bits per heavy atom. The molecule has 0 spiro atoms. The van der Waals surface area contributed by atoms with E-state index in [1.165, 1.54) is 25.0 Å². The molecule has 120 valence electrons. The molecule has 1 heterocycles. The zero-order valence-electron chi connectivity index (χ0n) is 11.7. The normalized spacial score (nSPS) is 28.6. The lowest BCUT2D eigenvalue weighted by molar-refractivity contribution is -0.147. The van der Waals surface area contributed by atoms with Crippen LogP contribution in [0, 0.1) is 5.92 Å². The number of hydrogen-bond donors (Lipinski definition) is 5. The fraction of sp³-hybridized carbons (Fsp3) is 0.750. The number of aliphatic carboxylic acids is 2. The van der Waals surface area contributed by atoms with Crippen LogP contribution < -0.4 is 11.1 Å². The van der Waals surface area contributed by atoms with Crippen LogP contribution in [-0.2, 0) is 9.59 Å². The molecule has 1 fully saturated rings. The molecule has 6 N–H and O–H groups in total. The van der Waals surface area contributed by atoms with E-state index < -0.39 is 36.0 Å². The maximum atomic E-state index is 11.3. The van der Waals surface area contributed by atoms with Gasteiger partial charge in [-0.05, 0) is 13.3 Å². The van der Waals surface area contributed by atoms with Gasteiger partial charge in [-0.1, -0.05) is 0 Å². The number of carboxylic acids is 2. The lowest BCUT2D eigenvalue weighted by Crippen LogP contribution is -2.46. The fourth-order valence-electron chi connectivity index (χ4n) is 2.48. The Bertz CT molecular complexity index is 404. The van der Waals surface area contributed by atoms with Gasteiger partial charge in [0.05, 0.1) is 18.4 Å². The molecule has 0 aromatic rings. The van der Waals surface area contributed by atoms with Crippen LogP contribution in [0.25, 0.3) is 0 Å². The number of hydrogen-bond acceptors (Lipinski definition) is 6. The number of nitrogens with two attached hydrogens (primary N) is 1. The van der Waals surface area contributed by atoms with Crippen molar-refractivity contribution in [3.05, 3.63) is 0 Å². The Kier molecular flexibility index (Phi) is 6.93. The van der Waals surface area contributed by atoms with Crippen molar-refractivity contribution in [3.8, 4) is 0 Å². The fourth-order valence-corrected chi connectivity index (χ4v) is 3.73. The summed E-state index contributed by atoms with van der Waals surface area (Å²) >= 11 is 1.42. The second-order valence-electron chi connectivity index (χ2n) is 4.89. The number of aliphatic hydroxyl groups is 1. The van der Waals surface area contributed by atoms with Crippen molar-refractivity contribution < 1.29 is 24.9 Å². The van der Waals surface area contributed by atoms with Crippen molar-refractivity contribution >= 4 is 30.0 Å². The van der Waals surface area contributed by atoms with Crippen molar-refractivity contribution in [1.29, 1.82) is 0 Å². The Morgan fingerprint density at radius 2 is 2.19 bits per heavy atom. The molecular formula is C12H21N3O5S. The number of thioether (sulfide) groups is 1. The number of rotatable bonds is 8. The average Bonchev–Trinajstić information content (AvgIpc) is 2.77. The molecular weight excluding hydrogens is 298 g/mol. The zero-order chi connectivity index (χ0) is 16.0. The maximum absolute atomic E-state index is 11.3. The van der Waals surface area contributed by atoms with E-state index in [4.69, 9.17) is 5.73 Å². The van der Waals surface area contributed by atoms with Gasteiger partial charge in [-0.2, -0.15) is 11.8 Å². The summed E-state index contributed by atoms with van der Waals surface area (Å²) in [6, 6.07) is -1.40. The lowest BCUT2D eigenvalue weighted by Gasteiger charge is -2.22. The van der Waals surface area contributed by atoms with Crippen LogP contribution in [0.1, 0.15) is 13.3 Å². The summed E-state index contributed by atoms with van der Waals surface area (Å²) < 4.78 is 0. The van der Waals surface area contributed by atoms with Crippen LogP contribution in [-0.4, -0.2) is 69.3 Å². The predicted octanol–water partition coefficient (Wildman–Crippen LogP) is -1.03. The summed E-state index contributed by atoms with van der Waals surface area (Å²) in [5.74, 6) is -2.58. The second kappa shape index (κ2) is 8.20. The van der Waals surface area contributed by atoms with Crippen LogP contribution in [0.4, 0.5) is 0 Å². The highest BCUT2D eigenvalue weighted by Gasteiger charge is 2.44. The predicted molar refractivity (Wildman–Crippen MR) is 79.6 cm³/mol. The Balaban J connectivity index is 2.71. The molecule has 0 aliphatic carbocycles. The Hall–Kier alpha value is -1.32. The molecule has 1 saturated heterocycles. The van der Waals surface area contributed by atoms with Crippen molar-refractivity contribution in [2.24, 2.45) is 16.6 Å². The van der Waals surface area contributed by atoms with E-state index in [1.54, 1.807) is 0 Å². The van der Waals surface area contributed by atoms with Gasteiger partial charge < -0.3 is 21.1 Å². The summed E-state index contributed by atoms with van der Waals surface area (Å²) in [7, 11) is 0. The molecule has 0 bridgehead atoms. The second-order valence-corrected chi connectivity index (χ2v) is 6.24. The van der Waals surface area contributed by atoms with Gasteiger partial charge in [0.25, 0.3) is 0 Å². The molecule has 8 nitrogen and oxygen atoms in total. The molecule has 0 saturated carbocycles. The maximum Gasteiger partial charge on any atom is 0.321 e. The van der Waals surface area contributed by atoms with E-state index in [0.29, 0.717) is 18.7 Å². The molecule has 0 amide bonds. The third-order valence-electron chi connectivity index (χ3n) is 3.41. The third-order valence-corrected chi connectivity index (χ3v) is 4.72. The van der Waals surface area contributed by atoms with Gasteiger partial charge in [0.1, 0.15) is 6.04 Å². The van der Waals surface area contributed by atoms with E-state index in [2.05, 4.69) is 10.3 Å². The number of aliphatic imine (C=N–C) groups is 1. The minimum atomic E-state index is -1.13. The standard InChI is InChI=1S/C12H21N3O5S/c1-6(16)9(11(17)18)7-4-8(10(15-7)12(19)20)21-3-2-14-5-13/h5-10,15-16H,2-4H2,1H3,(H2,13,14)(H,17,18)(H,19,20)/t6-,7-,8+,9-,10?/m1/s1. The van der Waals surface area contributed by atoms with Gasteiger partial charge in [0.15, 0.2) is 0 Å². The minimum absolute atomic E-state index is 0.263. The summed E-state index contributed by atoms with van der Waals surface area (Å²) in [5.41, 5.74) is 5.13. The minimum Gasteiger partial charge on any atom is -0.481 e. The smallest absolute Gasteiger partial charge is 0.321 e. The molecule has 5 atom stereocenters. The summed E-state index contributed by atoms with van der Waals surface area (Å²) in [5, 5.41) is 30.6. The van der Waals surface area contributed by atoms with E-state index in [0.717, 1.165) is 0 Å². The molecule has 1 rings (SSSR count). The first-order valence-corrected chi connectivity index (χ1v) is 7.64. The molecule has 0 aromatic carbocycles. The van der Waals surface area contributed by atoms with Crippen LogP contribution in [0.5, 0.6) is 0 Å². The first kappa shape index (κ1) is 17.7. The topological polar surface area (TPSA) is 145 Å². The zero-order valence-corrected chi connectivity index (χ0v) is 12.5. The van der Waals surface area contributed by atoms with Gasteiger partial charge in [-0.15, -0.1) is 0 Å². The van der Waals surface area contributed by atoms with E-state index >= 15 is 0 Å². The van der Waals surface area contributed by atoms with Crippen molar-refractivity contribution in [1.82, 2.24) is 5.32 Å². The number of carboxylic acid groups (broad SMARTS) is 2. The SMILES string of the molecule is C[C@@H](O)[C@@H](C(=O)O)[C@H]1C[C@H](SCCN=CN)C(C(=O)O)N1. The Morgan fingerprint density at radius 1 is 1.52 bits per heavy atom. The van der Waals surface area contributed by atoms with Crippen LogP contribution in [0.2, 0.25) is 0 Å². The average molecular weight is 319 g/mol. The lowest BCUT2D eigenvalue weighted by atomic mass is 9.93. The molecule has 21 heavy (non-hydrogen) atoms. The number of aliphatic hydroxyl groups excluding tert-OH is 1. The Labute approximate surface area is 126 Å². The van der Waals surface area contributed by atoms with E-state index in [9.17, 15) is 24.9 Å². The third kappa shape index (κ3) is 4.87. The first-order chi connectivity index (χ1) is 9.88. The number of nitrogens with one attached hydrogen (secondary N) is 1. The summed E-state index contributed by atoms with van der Waals surface area (Å²) in [6.07, 6.45) is 0.509. The van der Waals surface area contributed by atoms with E-state index in [1.807, 2.05) is 0 Å². The van der Waals surface area contributed by atoms with Crippen LogP contribution in [0.15, 0.2) is 4.99 Å². The van der Waals surface area contributed by atoms with Crippen molar-refractivity contribution in [2.75, 3.05) is 12.3 Å². The molecule has 0 aromatic heterocycles. The highest BCUT2D eigenvalue weighted by atomic mass is 32.2. The van der Waals surface area contributed by atoms with Gasteiger partial charge in [-0.3, -0.25) is 19.9 Å². The molecule has 1 aliphatic rings. The molecule has 1 aliphatic heterocycles. The molecule has 0 radical (unpaired) electrons. The summed E-state index contributed by atoms with van der Waals surface area (Å²) in [4.78, 5) is 26.3. The van der Waals surface area contributed by atoms with Gasteiger partial charge in [0.2, 0.25) is 0 Å². The summed E-state index contributed by atoms with van der Waals surface area (Å²) in [6.45, 7) is 1.88. The highest BCUT2D eigenvalue weighted by molar-refractivity contribution is 8.00. The first-order valence-electron chi connectivity index (χ1n) is 6.59. The van der Waals surface area contributed by atoms with Crippen LogP contribution >= 0.6 is 11.8 Å². The molecule has 9 heteroatoms. The number of nitrogens with zero attached hydrogens (tertiary/aromatic N) is 1. The van der Waals surface area contributed by atoms with E-state index in [-0.39, 0.29) is 5.25 Å². The van der Waals surface area contributed by atoms with Gasteiger partial charge >= 0.3 is 11.9 Å². The monoisotopic (exact) mass is 319 g/mol. The van der Waals surface area contributed by atoms with Crippen LogP contribution in [0.3, 0.4) is 0 Å². The molecule has 1 unspecified atom stereocenters. The quantitative estimate of drug-likeness (QED) is 0.217. The largest absolute Gasteiger partial charge is 0.481 e. The van der Waals surface area contributed by atoms with Crippen molar-refractivity contribution in [3.63, 3.8) is 0 Å². The highest BCUT2D eigenvalue weighted by Crippen LogP contribution is 2.30. The van der Waals surface area contributed by atoms with Gasteiger partial charge in [0, 0.05) is 23.6 Å².